The Morgan fingerprint density at radius 2 is 2.25 bits per heavy atom. The molecule has 1 aliphatic carbocycles. The molecule has 3 unspecified atom stereocenters. The topological polar surface area (TPSA) is 64.4 Å². The first kappa shape index (κ1) is 13.3. The summed E-state index contributed by atoms with van der Waals surface area (Å²) in [5.74, 6) is -0.197. The van der Waals surface area contributed by atoms with E-state index in [0.717, 1.165) is 19.1 Å². The van der Waals surface area contributed by atoms with Crippen molar-refractivity contribution < 1.29 is 14.1 Å². The molecule has 1 saturated heterocycles. The summed E-state index contributed by atoms with van der Waals surface area (Å²) in [4.78, 5) is 10.0. The zero-order valence-electron chi connectivity index (χ0n) is 11.4. The highest BCUT2D eigenvalue weighted by atomic mass is 19.1. The maximum Gasteiger partial charge on any atom is 0.272 e. The summed E-state index contributed by atoms with van der Waals surface area (Å²) >= 11 is 0. The number of non-ortho nitro benzene ring substituents is 1. The van der Waals surface area contributed by atoms with Gasteiger partial charge in [-0.25, -0.2) is 4.39 Å². The minimum absolute atomic E-state index is 0.0601. The second-order valence-corrected chi connectivity index (χ2v) is 6.11. The molecule has 0 radical (unpaired) electrons. The molecule has 0 amide bonds. The molecule has 1 N–H and O–H groups in total. The smallest absolute Gasteiger partial charge is 0.272 e. The predicted molar refractivity (Wildman–Crippen MR) is 72.1 cm³/mol. The molecule has 2 fully saturated rings. The van der Waals surface area contributed by atoms with Crippen LogP contribution in [0.4, 0.5) is 15.8 Å². The van der Waals surface area contributed by atoms with Gasteiger partial charge >= 0.3 is 0 Å². The highest BCUT2D eigenvalue weighted by Crippen LogP contribution is 2.53. The van der Waals surface area contributed by atoms with Crippen LogP contribution in [0.15, 0.2) is 18.2 Å². The maximum atomic E-state index is 13.9. The van der Waals surface area contributed by atoms with Gasteiger partial charge in [0.1, 0.15) is 0 Å². The Bertz CT molecular complexity index is 561. The molecule has 108 valence electrons. The number of hydrogen-bond donors (Lipinski definition) is 1. The van der Waals surface area contributed by atoms with Gasteiger partial charge in [-0.05, 0) is 12.5 Å². The van der Waals surface area contributed by atoms with Gasteiger partial charge in [0.05, 0.1) is 22.8 Å². The summed E-state index contributed by atoms with van der Waals surface area (Å²) in [6.07, 6.45) is 1.20. The lowest BCUT2D eigenvalue weighted by Crippen LogP contribution is -2.63. The Morgan fingerprint density at radius 3 is 2.90 bits per heavy atom. The van der Waals surface area contributed by atoms with Gasteiger partial charge in [-0.2, -0.15) is 0 Å². The van der Waals surface area contributed by atoms with Crippen LogP contribution in [0.2, 0.25) is 0 Å². The molecule has 1 aromatic carbocycles. The standard InChI is InChI=1S/C14H17FN2O3/c1-14(2)12(9-5-6-20-13(9)14)16-11-4-3-8(17(18)19)7-10(11)15/h3-4,7,9,12-13,16H,5-6H2,1-2H3. The van der Waals surface area contributed by atoms with E-state index in [1.165, 1.54) is 12.1 Å². The fraction of sp³-hybridized carbons (Fsp3) is 0.571. The quantitative estimate of drug-likeness (QED) is 0.683. The van der Waals surface area contributed by atoms with Crippen LogP contribution >= 0.6 is 0 Å². The first-order chi connectivity index (χ1) is 9.41. The Balaban J connectivity index is 1.80. The molecule has 20 heavy (non-hydrogen) atoms. The van der Waals surface area contributed by atoms with Crippen molar-refractivity contribution in [1.82, 2.24) is 0 Å². The van der Waals surface area contributed by atoms with Crippen molar-refractivity contribution >= 4 is 11.4 Å². The van der Waals surface area contributed by atoms with Gasteiger partial charge in [-0.15, -0.1) is 0 Å². The summed E-state index contributed by atoms with van der Waals surface area (Å²) in [5, 5.41) is 13.8. The molecule has 0 aromatic heterocycles. The highest BCUT2D eigenvalue weighted by molar-refractivity contribution is 5.52. The van der Waals surface area contributed by atoms with E-state index in [0.29, 0.717) is 11.6 Å². The summed E-state index contributed by atoms with van der Waals surface area (Å²) in [6, 6.07) is 3.84. The molecule has 2 aliphatic rings. The number of ether oxygens (including phenoxy) is 1. The van der Waals surface area contributed by atoms with E-state index in [1.54, 1.807) is 0 Å². The van der Waals surface area contributed by atoms with Crippen molar-refractivity contribution in [1.29, 1.82) is 0 Å². The third kappa shape index (κ3) is 1.86. The van der Waals surface area contributed by atoms with E-state index < -0.39 is 10.7 Å². The first-order valence-corrected chi connectivity index (χ1v) is 6.73. The Labute approximate surface area is 116 Å². The SMILES string of the molecule is CC1(C)C(Nc2ccc([N+](=O)[O-])cc2F)C2CCOC21. The van der Waals surface area contributed by atoms with Gasteiger partial charge < -0.3 is 10.1 Å². The van der Waals surface area contributed by atoms with Gasteiger partial charge in [0.15, 0.2) is 5.82 Å². The molecule has 1 saturated carbocycles. The van der Waals surface area contributed by atoms with E-state index in [2.05, 4.69) is 19.2 Å². The average Bonchev–Trinajstić information content (AvgIpc) is 2.83. The molecule has 3 atom stereocenters. The lowest BCUT2D eigenvalue weighted by Gasteiger charge is -2.55. The van der Waals surface area contributed by atoms with Crippen molar-refractivity contribution in [2.24, 2.45) is 11.3 Å². The monoisotopic (exact) mass is 280 g/mol. The second kappa shape index (κ2) is 4.41. The van der Waals surface area contributed by atoms with Crippen LogP contribution in [-0.4, -0.2) is 23.7 Å². The summed E-state index contributed by atoms with van der Waals surface area (Å²) < 4.78 is 19.6. The van der Waals surface area contributed by atoms with Crippen molar-refractivity contribution in [3.63, 3.8) is 0 Å². The molecular formula is C14H17FN2O3. The number of nitrogens with zero attached hydrogens (tertiary/aromatic N) is 1. The zero-order valence-corrected chi connectivity index (χ0v) is 11.4. The maximum absolute atomic E-state index is 13.9. The van der Waals surface area contributed by atoms with Gasteiger partial charge in [-0.3, -0.25) is 10.1 Å². The third-order valence-corrected chi connectivity index (χ3v) is 4.57. The van der Waals surface area contributed by atoms with Crippen LogP contribution in [0.1, 0.15) is 20.3 Å². The van der Waals surface area contributed by atoms with E-state index in [1.807, 2.05) is 0 Å². The molecule has 1 aliphatic heterocycles. The average molecular weight is 280 g/mol. The van der Waals surface area contributed by atoms with Gasteiger partial charge in [-0.1, -0.05) is 13.8 Å². The fourth-order valence-corrected chi connectivity index (χ4v) is 3.52. The Hall–Kier alpha value is -1.69. The molecule has 1 heterocycles. The second-order valence-electron chi connectivity index (χ2n) is 6.11. The summed E-state index contributed by atoms with van der Waals surface area (Å²) in [7, 11) is 0. The number of fused-ring (bicyclic) bond motifs is 1. The molecule has 3 rings (SSSR count). The van der Waals surface area contributed by atoms with Crippen LogP contribution in [0, 0.1) is 27.3 Å². The molecule has 6 heteroatoms. The lowest BCUT2D eigenvalue weighted by atomic mass is 9.57. The molecule has 0 spiro atoms. The minimum atomic E-state index is -0.596. The number of halogens is 1. The van der Waals surface area contributed by atoms with Crippen LogP contribution in [-0.2, 0) is 4.74 Å². The summed E-state index contributed by atoms with van der Waals surface area (Å²) in [6.45, 7) is 4.95. The minimum Gasteiger partial charge on any atom is -0.379 e. The molecule has 1 aromatic rings. The number of rotatable bonds is 3. The number of nitro benzene ring substituents is 1. The third-order valence-electron chi connectivity index (χ3n) is 4.57. The van der Waals surface area contributed by atoms with E-state index in [-0.39, 0.29) is 23.2 Å². The van der Waals surface area contributed by atoms with Gasteiger partial charge in [0, 0.05) is 30.0 Å². The first-order valence-electron chi connectivity index (χ1n) is 6.73. The number of hydrogen-bond acceptors (Lipinski definition) is 4. The fourth-order valence-electron chi connectivity index (χ4n) is 3.52. The highest BCUT2D eigenvalue weighted by Gasteiger charge is 2.59. The van der Waals surface area contributed by atoms with Crippen LogP contribution < -0.4 is 5.32 Å². The van der Waals surface area contributed by atoms with Gasteiger partial charge in [0.2, 0.25) is 0 Å². The van der Waals surface area contributed by atoms with E-state index >= 15 is 0 Å². The Kier molecular flexibility index (Phi) is 2.93. The van der Waals surface area contributed by atoms with Crippen LogP contribution in [0.25, 0.3) is 0 Å². The van der Waals surface area contributed by atoms with Crippen molar-refractivity contribution in [2.45, 2.75) is 32.4 Å². The molecule has 5 nitrogen and oxygen atoms in total. The molecular weight excluding hydrogens is 263 g/mol. The van der Waals surface area contributed by atoms with Gasteiger partial charge in [0.25, 0.3) is 5.69 Å². The van der Waals surface area contributed by atoms with E-state index in [4.69, 9.17) is 4.74 Å². The van der Waals surface area contributed by atoms with Crippen molar-refractivity contribution in [3.05, 3.63) is 34.1 Å². The largest absolute Gasteiger partial charge is 0.379 e. The number of nitro groups is 1. The zero-order chi connectivity index (χ0) is 14.5. The number of anilines is 1. The molecule has 0 bridgehead atoms. The number of nitrogens with one attached hydrogen (secondary N) is 1. The normalized spacial score (nSPS) is 30.4. The summed E-state index contributed by atoms with van der Waals surface area (Å²) in [5.41, 5.74) is 0.0251. The van der Waals surface area contributed by atoms with Crippen molar-refractivity contribution in [3.8, 4) is 0 Å². The van der Waals surface area contributed by atoms with Crippen LogP contribution in [0.5, 0.6) is 0 Å². The van der Waals surface area contributed by atoms with E-state index in [9.17, 15) is 14.5 Å². The Morgan fingerprint density at radius 1 is 1.50 bits per heavy atom. The predicted octanol–water partition coefficient (Wildman–Crippen LogP) is 2.96. The van der Waals surface area contributed by atoms with Crippen LogP contribution in [0.3, 0.4) is 0 Å². The lowest BCUT2D eigenvalue weighted by molar-refractivity contribution is -0.385. The van der Waals surface area contributed by atoms with Crippen molar-refractivity contribution in [2.75, 3.05) is 11.9 Å². The number of benzene rings is 1.